The number of hydrogen-bond donors (Lipinski definition) is 2. The number of benzene rings is 1. The molecule has 5 heteroatoms. The Bertz CT molecular complexity index is 630. The SMILES string of the molecule is CCCc1nc(NC)cc(Nc2ccccc2C#N)n1. The van der Waals surface area contributed by atoms with Crippen molar-refractivity contribution in [1.29, 1.82) is 5.26 Å². The van der Waals surface area contributed by atoms with Gasteiger partial charge in [-0.25, -0.2) is 9.97 Å². The van der Waals surface area contributed by atoms with E-state index in [9.17, 15) is 0 Å². The lowest BCUT2D eigenvalue weighted by atomic mass is 10.2. The van der Waals surface area contributed by atoms with Gasteiger partial charge in [0, 0.05) is 19.5 Å². The molecule has 2 N–H and O–H groups in total. The number of rotatable bonds is 5. The fourth-order valence-corrected chi connectivity index (χ4v) is 1.85. The van der Waals surface area contributed by atoms with Gasteiger partial charge in [0.15, 0.2) is 0 Å². The van der Waals surface area contributed by atoms with Crippen LogP contribution >= 0.6 is 0 Å². The molecule has 1 heterocycles. The molecular weight excluding hydrogens is 250 g/mol. The highest BCUT2D eigenvalue weighted by atomic mass is 15.1. The van der Waals surface area contributed by atoms with E-state index in [1.54, 1.807) is 6.07 Å². The molecule has 0 aliphatic rings. The first-order valence-corrected chi connectivity index (χ1v) is 6.58. The monoisotopic (exact) mass is 267 g/mol. The van der Waals surface area contributed by atoms with Crippen molar-refractivity contribution >= 4 is 17.3 Å². The summed E-state index contributed by atoms with van der Waals surface area (Å²) >= 11 is 0. The molecule has 5 nitrogen and oxygen atoms in total. The number of nitrogens with zero attached hydrogens (tertiary/aromatic N) is 3. The molecule has 0 unspecified atom stereocenters. The van der Waals surface area contributed by atoms with Crippen molar-refractivity contribution in [2.75, 3.05) is 17.7 Å². The Hall–Kier alpha value is -2.61. The summed E-state index contributed by atoms with van der Waals surface area (Å²) in [5.41, 5.74) is 1.34. The quantitative estimate of drug-likeness (QED) is 0.870. The van der Waals surface area contributed by atoms with Gasteiger partial charge < -0.3 is 10.6 Å². The van der Waals surface area contributed by atoms with Crippen LogP contribution < -0.4 is 10.6 Å². The second-order valence-electron chi connectivity index (χ2n) is 4.34. The summed E-state index contributed by atoms with van der Waals surface area (Å²) in [6, 6.07) is 11.3. The summed E-state index contributed by atoms with van der Waals surface area (Å²) in [4.78, 5) is 8.87. The highest BCUT2D eigenvalue weighted by Gasteiger charge is 2.06. The molecule has 2 rings (SSSR count). The highest BCUT2D eigenvalue weighted by molar-refractivity contribution is 5.65. The summed E-state index contributed by atoms with van der Waals surface area (Å²) in [5.74, 6) is 2.24. The standard InChI is InChI=1S/C15H17N5/c1-3-6-13-19-14(17-2)9-15(20-13)18-12-8-5-4-7-11(12)10-16/h4-5,7-9H,3,6H2,1-2H3,(H2,17,18,19,20). The second-order valence-corrected chi connectivity index (χ2v) is 4.34. The number of aryl methyl sites for hydroxylation is 1. The minimum absolute atomic E-state index is 0.592. The van der Waals surface area contributed by atoms with Crippen LogP contribution in [-0.4, -0.2) is 17.0 Å². The molecule has 0 amide bonds. The van der Waals surface area contributed by atoms with Gasteiger partial charge in [-0.05, 0) is 18.6 Å². The molecule has 20 heavy (non-hydrogen) atoms. The largest absolute Gasteiger partial charge is 0.373 e. The third-order valence-corrected chi connectivity index (χ3v) is 2.81. The summed E-state index contributed by atoms with van der Waals surface area (Å²) < 4.78 is 0. The zero-order valence-electron chi connectivity index (χ0n) is 11.6. The lowest BCUT2D eigenvalue weighted by molar-refractivity contribution is 0.838. The Morgan fingerprint density at radius 1 is 1.20 bits per heavy atom. The first-order chi connectivity index (χ1) is 9.76. The molecule has 0 aliphatic heterocycles. The van der Waals surface area contributed by atoms with Crippen molar-refractivity contribution in [1.82, 2.24) is 9.97 Å². The summed E-state index contributed by atoms with van der Waals surface area (Å²) in [6.45, 7) is 2.09. The molecule has 2 aromatic rings. The minimum atomic E-state index is 0.592. The van der Waals surface area contributed by atoms with Crippen molar-refractivity contribution in [2.24, 2.45) is 0 Å². The van der Waals surface area contributed by atoms with Gasteiger partial charge in [0.2, 0.25) is 0 Å². The number of nitriles is 1. The molecule has 0 aliphatic carbocycles. The first-order valence-electron chi connectivity index (χ1n) is 6.58. The van der Waals surface area contributed by atoms with Gasteiger partial charge in [-0.1, -0.05) is 19.1 Å². The molecule has 0 radical (unpaired) electrons. The lowest BCUT2D eigenvalue weighted by Crippen LogP contribution is -2.04. The number of para-hydroxylation sites is 1. The van der Waals surface area contributed by atoms with E-state index in [0.29, 0.717) is 11.4 Å². The van der Waals surface area contributed by atoms with Crippen molar-refractivity contribution in [3.63, 3.8) is 0 Å². The Balaban J connectivity index is 2.33. The van der Waals surface area contributed by atoms with Crippen LogP contribution in [0.2, 0.25) is 0 Å². The van der Waals surface area contributed by atoms with Gasteiger partial charge in [0.25, 0.3) is 0 Å². The van der Waals surface area contributed by atoms with Crippen LogP contribution in [0, 0.1) is 11.3 Å². The van der Waals surface area contributed by atoms with Gasteiger partial charge in [0.05, 0.1) is 11.3 Å². The Morgan fingerprint density at radius 2 is 1.95 bits per heavy atom. The smallest absolute Gasteiger partial charge is 0.136 e. The van der Waals surface area contributed by atoms with E-state index in [4.69, 9.17) is 5.26 Å². The van der Waals surface area contributed by atoms with Crippen LogP contribution in [0.5, 0.6) is 0 Å². The third kappa shape index (κ3) is 3.23. The Morgan fingerprint density at radius 3 is 2.65 bits per heavy atom. The van der Waals surface area contributed by atoms with Crippen molar-refractivity contribution < 1.29 is 0 Å². The van der Waals surface area contributed by atoms with Gasteiger partial charge >= 0.3 is 0 Å². The molecule has 0 saturated heterocycles. The molecule has 0 bridgehead atoms. The number of anilines is 3. The Labute approximate surface area is 118 Å². The summed E-state index contributed by atoms with van der Waals surface area (Å²) in [6.07, 6.45) is 1.81. The van der Waals surface area contributed by atoms with E-state index in [2.05, 4.69) is 33.6 Å². The molecule has 102 valence electrons. The topological polar surface area (TPSA) is 73.6 Å². The van der Waals surface area contributed by atoms with E-state index in [0.717, 1.165) is 30.2 Å². The number of hydrogen-bond acceptors (Lipinski definition) is 5. The third-order valence-electron chi connectivity index (χ3n) is 2.81. The molecule has 0 saturated carbocycles. The average Bonchev–Trinajstić information content (AvgIpc) is 2.48. The van der Waals surface area contributed by atoms with E-state index >= 15 is 0 Å². The predicted octanol–water partition coefficient (Wildman–Crippen LogP) is 3.09. The van der Waals surface area contributed by atoms with Crippen LogP contribution in [-0.2, 0) is 6.42 Å². The van der Waals surface area contributed by atoms with E-state index in [1.165, 1.54) is 0 Å². The highest BCUT2D eigenvalue weighted by Crippen LogP contribution is 2.20. The predicted molar refractivity (Wildman–Crippen MR) is 80.0 cm³/mol. The summed E-state index contributed by atoms with van der Waals surface area (Å²) in [5, 5.41) is 15.3. The van der Waals surface area contributed by atoms with Crippen LogP contribution in [0.25, 0.3) is 0 Å². The fraction of sp³-hybridized carbons (Fsp3) is 0.267. The maximum atomic E-state index is 9.10. The van der Waals surface area contributed by atoms with E-state index in [-0.39, 0.29) is 0 Å². The van der Waals surface area contributed by atoms with Crippen molar-refractivity contribution in [3.05, 3.63) is 41.7 Å². The normalized spacial score (nSPS) is 9.85. The van der Waals surface area contributed by atoms with Crippen molar-refractivity contribution in [2.45, 2.75) is 19.8 Å². The number of nitrogens with one attached hydrogen (secondary N) is 2. The zero-order valence-corrected chi connectivity index (χ0v) is 11.6. The zero-order chi connectivity index (χ0) is 14.4. The fourth-order valence-electron chi connectivity index (χ4n) is 1.85. The molecule has 0 atom stereocenters. The maximum absolute atomic E-state index is 9.10. The van der Waals surface area contributed by atoms with Crippen LogP contribution in [0.3, 0.4) is 0 Å². The average molecular weight is 267 g/mol. The lowest BCUT2D eigenvalue weighted by Gasteiger charge is -2.10. The van der Waals surface area contributed by atoms with Gasteiger partial charge in [-0.3, -0.25) is 0 Å². The maximum Gasteiger partial charge on any atom is 0.136 e. The minimum Gasteiger partial charge on any atom is -0.373 e. The van der Waals surface area contributed by atoms with Gasteiger partial charge in [-0.15, -0.1) is 0 Å². The first kappa shape index (κ1) is 13.8. The summed E-state index contributed by atoms with van der Waals surface area (Å²) in [7, 11) is 1.82. The van der Waals surface area contributed by atoms with E-state index < -0.39 is 0 Å². The molecule has 1 aromatic heterocycles. The van der Waals surface area contributed by atoms with Gasteiger partial charge in [-0.2, -0.15) is 5.26 Å². The molecule has 0 fully saturated rings. The van der Waals surface area contributed by atoms with Crippen LogP contribution in [0.15, 0.2) is 30.3 Å². The van der Waals surface area contributed by atoms with Crippen molar-refractivity contribution in [3.8, 4) is 6.07 Å². The van der Waals surface area contributed by atoms with E-state index in [1.807, 2.05) is 31.3 Å². The molecule has 1 aromatic carbocycles. The Kier molecular flexibility index (Phi) is 4.51. The number of aromatic nitrogens is 2. The van der Waals surface area contributed by atoms with Crippen LogP contribution in [0.4, 0.5) is 17.3 Å². The van der Waals surface area contributed by atoms with Crippen LogP contribution in [0.1, 0.15) is 24.7 Å². The molecule has 0 spiro atoms. The second kappa shape index (κ2) is 6.53. The molecular formula is C15H17N5. The van der Waals surface area contributed by atoms with Gasteiger partial charge in [0.1, 0.15) is 23.5 Å².